The van der Waals surface area contributed by atoms with Crippen LogP contribution in [-0.2, 0) is 11.1 Å². The first-order valence-corrected chi connectivity index (χ1v) is 7.33. The van der Waals surface area contributed by atoms with Crippen LogP contribution in [0.2, 0.25) is 0 Å². The van der Waals surface area contributed by atoms with Crippen molar-refractivity contribution in [3.05, 3.63) is 12.2 Å². The normalized spacial score (nSPS) is 15.8. The van der Waals surface area contributed by atoms with Crippen molar-refractivity contribution in [2.45, 2.75) is 54.9 Å². The molecule has 102 valence electrons. The maximum atomic E-state index is 11.0. The van der Waals surface area contributed by atoms with Crippen LogP contribution in [0.1, 0.15) is 54.9 Å². The molecule has 0 amide bonds. The van der Waals surface area contributed by atoms with Gasteiger partial charge in [-0.3, -0.25) is 0 Å². The molecule has 0 fully saturated rings. The van der Waals surface area contributed by atoms with E-state index in [4.69, 9.17) is 4.55 Å². The first kappa shape index (κ1) is 16.9. The molecule has 3 heteroatoms. The van der Waals surface area contributed by atoms with Crippen molar-refractivity contribution in [2.75, 3.05) is 5.75 Å². The topological polar surface area (TPSA) is 37.3 Å². The van der Waals surface area contributed by atoms with Gasteiger partial charge in [0.05, 0.1) is 5.75 Å². The van der Waals surface area contributed by atoms with Crippen LogP contribution in [0.25, 0.3) is 0 Å². The molecule has 1 N–H and O–H groups in total. The van der Waals surface area contributed by atoms with Crippen molar-refractivity contribution in [1.82, 2.24) is 0 Å². The van der Waals surface area contributed by atoms with Gasteiger partial charge in [0.25, 0.3) is 0 Å². The Morgan fingerprint density at radius 2 is 1.53 bits per heavy atom. The summed E-state index contributed by atoms with van der Waals surface area (Å²) in [5.74, 6) is 0.313. The van der Waals surface area contributed by atoms with E-state index in [0.29, 0.717) is 5.75 Å². The molecule has 1 atom stereocenters. The predicted octanol–water partition coefficient (Wildman–Crippen LogP) is 4.25. The second-order valence-corrected chi connectivity index (χ2v) is 8.35. The van der Waals surface area contributed by atoms with Crippen molar-refractivity contribution in [2.24, 2.45) is 16.2 Å². The van der Waals surface area contributed by atoms with Gasteiger partial charge in [0, 0.05) is 0 Å². The maximum Gasteiger partial charge on any atom is 0.153 e. The summed E-state index contributed by atoms with van der Waals surface area (Å²) >= 11 is -1.73. The van der Waals surface area contributed by atoms with E-state index in [1.807, 2.05) is 13.8 Å². The van der Waals surface area contributed by atoms with E-state index in [-0.39, 0.29) is 16.2 Å². The molecule has 0 aromatic carbocycles. The molecule has 0 aliphatic heterocycles. The van der Waals surface area contributed by atoms with E-state index >= 15 is 0 Å². The average molecular weight is 260 g/mol. The lowest BCUT2D eigenvalue weighted by Gasteiger charge is -2.40. The Hall–Kier alpha value is -0.150. The van der Waals surface area contributed by atoms with Crippen LogP contribution in [0.5, 0.6) is 0 Å². The lowest BCUT2D eigenvalue weighted by atomic mass is 9.65. The van der Waals surface area contributed by atoms with Crippen LogP contribution in [0.4, 0.5) is 0 Å². The highest BCUT2D eigenvalue weighted by atomic mass is 32.2. The van der Waals surface area contributed by atoms with Gasteiger partial charge in [0.15, 0.2) is 11.1 Å². The summed E-state index contributed by atoms with van der Waals surface area (Å²) in [6, 6.07) is 0. The Morgan fingerprint density at radius 1 is 1.12 bits per heavy atom. The highest BCUT2D eigenvalue weighted by Crippen LogP contribution is 2.45. The van der Waals surface area contributed by atoms with Crippen molar-refractivity contribution in [3.8, 4) is 0 Å². The zero-order chi connectivity index (χ0) is 14.1. The molecule has 0 spiro atoms. The number of hydrogen-bond donors (Lipinski definition) is 1. The van der Waals surface area contributed by atoms with Crippen molar-refractivity contribution in [1.29, 1.82) is 0 Å². The van der Waals surface area contributed by atoms with Crippen molar-refractivity contribution in [3.63, 3.8) is 0 Å². The predicted molar refractivity (Wildman–Crippen MR) is 76.4 cm³/mol. The van der Waals surface area contributed by atoms with Crippen molar-refractivity contribution < 1.29 is 8.76 Å². The summed E-state index contributed by atoms with van der Waals surface area (Å²) < 4.78 is 20.0. The molecule has 0 aliphatic rings. The molecule has 0 aliphatic carbocycles. The van der Waals surface area contributed by atoms with Gasteiger partial charge in [-0.05, 0) is 22.7 Å². The molecular weight excluding hydrogens is 232 g/mol. The number of rotatable bonds is 5. The summed E-state index contributed by atoms with van der Waals surface area (Å²) in [7, 11) is 0. The third-order valence-electron chi connectivity index (χ3n) is 3.16. The molecule has 0 bridgehead atoms. The summed E-state index contributed by atoms with van der Waals surface area (Å²) in [4.78, 5) is 0. The van der Waals surface area contributed by atoms with E-state index < -0.39 is 11.1 Å². The van der Waals surface area contributed by atoms with Crippen LogP contribution >= 0.6 is 0 Å². The SMILES string of the molecule is C=C(C(C)(C)C)C(C)(C)CC(C)(C)CS(=O)O. The van der Waals surface area contributed by atoms with Gasteiger partial charge in [0.1, 0.15) is 0 Å². The zero-order valence-electron chi connectivity index (χ0n) is 12.4. The highest BCUT2D eigenvalue weighted by molar-refractivity contribution is 7.79. The molecule has 17 heavy (non-hydrogen) atoms. The average Bonchev–Trinajstić information content (AvgIpc) is 1.95. The van der Waals surface area contributed by atoms with Gasteiger partial charge < -0.3 is 4.55 Å². The lowest BCUT2D eigenvalue weighted by molar-refractivity contribution is 0.221. The molecule has 2 nitrogen and oxygen atoms in total. The van der Waals surface area contributed by atoms with Gasteiger partial charge in [-0.2, -0.15) is 0 Å². The third-order valence-corrected chi connectivity index (χ3v) is 4.19. The molecule has 0 saturated carbocycles. The van der Waals surface area contributed by atoms with E-state index in [1.165, 1.54) is 5.57 Å². The molecular formula is C14H28O2S. The quantitative estimate of drug-likeness (QED) is 0.592. The van der Waals surface area contributed by atoms with Crippen LogP contribution in [0, 0.1) is 16.2 Å². The second kappa shape index (κ2) is 5.23. The minimum atomic E-state index is -1.73. The summed E-state index contributed by atoms with van der Waals surface area (Å²) in [5.41, 5.74) is 1.08. The number of allylic oxidation sites excluding steroid dienone is 1. The Labute approximate surface area is 109 Å². The molecule has 0 aromatic rings. The molecule has 1 unspecified atom stereocenters. The Morgan fingerprint density at radius 3 is 1.82 bits per heavy atom. The molecule has 0 aromatic heterocycles. The fourth-order valence-corrected chi connectivity index (χ4v) is 3.47. The van der Waals surface area contributed by atoms with Crippen molar-refractivity contribution >= 4 is 11.1 Å². The zero-order valence-corrected chi connectivity index (χ0v) is 13.2. The Bertz CT molecular complexity index is 309. The molecule has 0 heterocycles. The fraction of sp³-hybridized carbons (Fsp3) is 0.857. The number of hydrogen-bond acceptors (Lipinski definition) is 1. The molecule has 0 saturated heterocycles. The van der Waals surface area contributed by atoms with E-state index in [1.54, 1.807) is 0 Å². The van der Waals surface area contributed by atoms with Gasteiger partial charge in [-0.15, -0.1) is 0 Å². The minimum absolute atomic E-state index is 0.0267. The first-order valence-electron chi connectivity index (χ1n) is 6.05. The molecule has 0 rings (SSSR count). The standard InChI is InChI=1S/C14H28O2S/c1-11(12(2,3)4)14(7,8)9-13(5,6)10-17(15)16/h1,9-10H2,2-8H3,(H,15,16). The molecule has 0 radical (unpaired) electrons. The smallest absolute Gasteiger partial charge is 0.153 e. The van der Waals surface area contributed by atoms with E-state index in [2.05, 4.69) is 41.2 Å². The minimum Gasteiger partial charge on any atom is -0.306 e. The van der Waals surface area contributed by atoms with Crippen LogP contribution < -0.4 is 0 Å². The van der Waals surface area contributed by atoms with Gasteiger partial charge in [0.2, 0.25) is 0 Å². The summed E-state index contributed by atoms with van der Waals surface area (Å²) in [6.07, 6.45) is 0.863. The first-order chi connectivity index (χ1) is 7.28. The van der Waals surface area contributed by atoms with Crippen LogP contribution in [0.3, 0.4) is 0 Å². The van der Waals surface area contributed by atoms with Gasteiger partial charge >= 0.3 is 0 Å². The van der Waals surface area contributed by atoms with Crippen LogP contribution in [-0.4, -0.2) is 14.5 Å². The van der Waals surface area contributed by atoms with E-state index in [0.717, 1.165) is 6.42 Å². The largest absolute Gasteiger partial charge is 0.306 e. The third kappa shape index (κ3) is 5.82. The Kier molecular flexibility index (Phi) is 5.18. The fourth-order valence-electron chi connectivity index (χ4n) is 2.70. The second-order valence-electron chi connectivity index (χ2n) is 7.42. The summed E-state index contributed by atoms with van der Waals surface area (Å²) in [6.45, 7) is 19.1. The Balaban J connectivity index is 4.87. The van der Waals surface area contributed by atoms with E-state index in [9.17, 15) is 4.21 Å². The van der Waals surface area contributed by atoms with Crippen LogP contribution in [0.15, 0.2) is 12.2 Å². The lowest BCUT2D eigenvalue weighted by Crippen LogP contribution is -2.32. The highest BCUT2D eigenvalue weighted by Gasteiger charge is 2.35. The van der Waals surface area contributed by atoms with Gasteiger partial charge in [-0.25, -0.2) is 4.21 Å². The monoisotopic (exact) mass is 260 g/mol. The summed E-state index contributed by atoms with van der Waals surface area (Å²) in [5, 5.41) is 0. The maximum absolute atomic E-state index is 11.0. The van der Waals surface area contributed by atoms with Gasteiger partial charge in [-0.1, -0.05) is 60.6 Å².